The van der Waals surface area contributed by atoms with Crippen LogP contribution >= 0.6 is 0 Å². The molecule has 0 aromatic heterocycles. The number of rotatable bonds is 3. The molecule has 0 bridgehead atoms. The molecule has 6 nitrogen and oxygen atoms in total. The molecule has 1 aromatic carbocycles. The summed E-state index contributed by atoms with van der Waals surface area (Å²) in [4.78, 5) is 35.7. The Hall–Kier alpha value is -2.37. The third kappa shape index (κ3) is 2.79. The third-order valence-electron chi connectivity index (χ3n) is 3.33. The van der Waals surface area contributed by atoms with Crippen LogP contribution in [0.4, 0.5) is 5.69 Å². The monoisotopic (exact) mass is 276 g/mol. The molecule has 0 saturated carbocycles. The first-order valence-electron chi connectivity index (χ1n) is 6.37. The van der Waals surface area contributed by atoms with E-state index in [4.69, 9.17) is 0 Å². The SMILES string of the molecule is CC(=O)NCC(=O)N1CCC(C(=O)O)c2ccccc21. The number of aliphatic carboxylic acids is 1. The summed E-state index contributed by atoms with van der Waals surface area (Å²) in [6.45, 7) is 1.60. The maximum Gasteiger partial charge on any atom is 0.311 e. The fourth-order valence-electron chi connectivity index (χ4n) is 2.37. The molecule has 106 valence electrons. The number of nitrogens with zero attached hydrogens (tertiary/aromatic N) is 1. The zero-order valence-electron chi connectivity index (χ0n) is 11.1. The van der Waals surface area contributed by atoms with Gasteiger partial charge in [0, 0.05) is 19.2 Å². The fraction of sp³-hybridized carbons (Fsp3) is 0.357. The molecule has 1 unspecified atom stereocenters. The zero-order chi connectivity index (χ0) is 14.7. The lowest BCUT2D eigenvalue weighted by molar-refractivity contribution is -0.139. The Kier molecular flexibility index (Phi) is 4.02. The largest absolute Gasteiger partial charge is 0.481 e. The summed E-state index contributed by atoms with van der Waals surface area (Å²) in [6, 6.07) is 6.99. The van der Waals surface area contributed by atoms with Crippen molar-refractivity contribution in [2.75, 3.05) is 18.0 Å². The van der Waals surface area contributed by atoms with Gasteiger partial charge in [0.25, 0.3) is 0 Å². The van der Waals surface area contributed by atoms with E-state index in [0.29, 0.717) is 24.2 Å². The zero-order valence-corrected chi connectivity index (χ0v) is 11.1. The number of hydrogen-bond acceptors (Lipinski definition) is 3. The molecule has 1 atom stereocenters. The van der Waals surface area contributed by atoms with Crippen molar-refractivity contribution in [2.24, 2.45) is 0 Å². The van der Waals surface area contributed by atoms with Crippen molar-refractivity contribution < 1.29 is 19.5 Å². The smallest absolute Gasteiger partial charge is 0.311 e. The van der Waals surface area contributed by atoms with Crippen LogP contribution in [0.15, 0.2) is 24.3 Å². The van der Waals surface area contributed by atoms with Gasteiger partial charge in [-0.15, -0.1) is 0 Å². The predicted molar refractivity (Wildman–Crippen MR) is 72.5 cm³/mol. The first kappa shape index (κ1) is 14.0. The second kappa shape index (κ2) is 5.73. The van der Waals surface area contributed by atoms with Crippen molar-refractivity contribution in [2.45, 2.75) is 19.3 Å². The van der Waals surface area contributed by atoms with Gasteiger partial charge in [-0.1, -0.05) is 18.2 Å². The molecule has 2 amide bonds. The second-order valence-electron chi connectivity index (χ2n) is 4.69. The van der Waals surface area contributed by atoms with Gasteiger partial charge < -0.3 is 15.3 Å². The Balaban J connectivity index is 2.25. The maximum absolute atomic E-state index is 12.1. The maximum atomic E-state index is 12.1. The molecule has 0 aliphatic carbocycles. The van der Waals surface area contributed by atoms with Crippen LogP contribution in [-0.2, 0) is 14.4 Å². The van der Waals surface area contributed by atoms with Crippen molar-refractivity contribution in [3.8, 4) is 0 Å². The summed E-state index contributed by atoms with van der Waals surface area (Å²) in [7, 11) is 0. The second-order valence-corrected chi connectivity index (χ2v) is 4.69. The molecular weight excluding hydrogens is 260 g/mol. The van der Waals surface area contributed by atoms with E-state index in [9.17, 15) is 19.5 Å². The standard InChI is InChI=1S/C14H16N2O4/c1-9(17)15-8-13(18)16-7-6-11(14(19)20)10-4-2-3-5-12(10)16/h2-5,11H,6-8H2,1H3,(H,15,17)(H,19,20). The lowest BCUT2D eigenvalue weighted by Gasteiger charge is -2.32. The number of carboxylic acids is 1. The average Bonchev–Trinajstić information content (AvgIpc) is 2.43. The van der Waals surface area contributed by atoms with Crippen LogP contribution in [0.1, 0.15) is 24.8 Å². The predicted octanol–water partition coefficient (Wildman–Crippen LogP) is 0.728. The Labute approximate surface area is 116 Å². The first-order valence-corrected chi connectivity index (χ1v) is 6.37. The molecule has 2 N–H and O–H groups in total. The van der Waals surface area contributed by atoms with Crippen LogP contribution in [0.2, 0.25) is 0 Å². The van der Waals surface area contributed by atoms with Gasteiger partial charge >= 0.3 is 5.97 Å². The van der Waals surface area contributed by atoms with Crippen LogP contribution in [0.5, 0.6) is 0 Å². The minimum absolute atomic E-state index is 0.0819. The van der Waals surface area contributed by atoms with Gasteiger partial charge in [-0.05, 0) is 18.1 Å². The number of amides is 2. The number of hydrogen-bond donors (Lipinski definition) is 2. The molecule has 20 heavy (non-hydrogen) atoms. The highest BCUT2D eigenvalue weighted by Crippen LogP contribution is 2.35. The number of nitrogens with one attached hydrogen (secondary N) is 1. The average molecular weight is 276 g/mol. The summed E-state index contributed by atoms with van der Waals surface area (Å²) in [5, 5.41) is 11.7. The molecule has 1 aliphatic rings. The highest BCUT2D eigenvalue weighted by atomic mass is 16.4. The summed E-state index contributed by atoms with van der Waals surface area (Å²) < 4.78 is 0. The van der Waals surface area contributed by atoms with Crippen molar-refractivity contribution in [3.63, 3.8) is 0 Å². The number of carbonyl (C=O) groups excluding carboxylic acids is 2. The Morgan fingerprint density at radius 3 is 2.70 bits per heavy atom. The van der Waals surface area contributed by atoms with E-state index in [-0.39, 0.29) is 18.4 Å². The molecule has 0 spiro atoms. The summed E-state index contributed by atoms with van der Waals surface area (Å²) in [6.07, 6.45) is 0.373. The van der Waals surface area contributed by atoms with E-state index >= 15 is 0 Å². The first-order chi connectivity index (χ1) is 9.50. The van der Waals surface area contributed by atoms with Gasteiger partial charge in [-0.2, -0.15) is 0 Å². The lowest BCUT2D eigenvalue weighted by Crippen LogP contribution is -2.43. The number of benzene rings is 1. The molecule has 1 aromatic rings. The van der Waals surface area contributed by atoms with E-state index < -0.39 is 11.9 Å². The van der Waals surface area contributed by atoms with Crippen molar-refractivity contribution in [3.05, 3.63) is 29.8 Å². The van der Waals surface area contributed by atoms with Crippen LogP contribution in [0, 0.1) is 0 Å². The molecule has 0 saturated heterocycles. The molecule has 6 heteroatoms. The highest BCUT2D eigenvalue weighted by Gasteiger charge is 2.32. The van der Waals surface area contributed by atoms with Crippen LogP contribution in [-0.4, -0.2) is 36.0 Å². The van der Waals surface area contributed by atoms with E-state index in [1.54, 1.807) is 24.3 Å². The van der Waals surface area contributed by atoms with Gasteiger partial charge in [-0.3, -0.25) is 14.4 Å². The summed E-state index contributed by atoms with van der Waals surface area (Å²) in [5.41, 5.74) is 1.25. The summed E-state index contributed by atoms with van der Waals surface area (Å²) >= 11 is 0. The third-order valence-corrected chi connectivity index (χ3v) is 3.33. The van der Waals surface area contributed by atoms with Gasteiger partial charge in [0.1, 0.15) is 0 Å². The summed E-state index contributed by atoms with van der Waals surface area (Å²) in [5.74, 6) is -1.98. The molecule has 2 rings (SSSR count). The van der Waals surface area contributed by atoms with Crippen molar-refractivity contribution in [1.29, 1.82) is 0 Å². The Bertz CT molecular complexity index is 556. The molecule has 1 aliphatic heterocycles. The topological polar surface area (TPSA) is 86.7 Å². The molecular formula is C14H16N2O4. The van der Waals surface area contributed by atoms with Gasteiger partial charge in [-0.25, -0.2) is 0 Å². The van der Waals surface area contributed by atoms with E-state index in [1.165, 1.54) is 11.8 Å². The van der Waals surface area contributed by atoms with Crippen molar-refractivity contribution in [1.82, 2.24) is 5.32 Å². The number of anilines is 1. The molecule has 0 fully saturated rings. The van der Waals surface area contributed by atoms with Crippen LogP contribution < -0.4 is 10.2 Å². The fourth-order valence-corrected chi connectivity index (χ4v) is 2.37. The number of carbonyl (C=O) groups is 3. The highest BCUT2D eigenvalue weighted by molar-refractivity contribution is 5.98. The Morgan fingerprint density at radius 2 is 2.05 bits per heavy atom. The number of fused-ring (bicyclic) bond motifs is 1. The quantitative estimate of drug-likeness (QED) is 0.852. The number of carboxylic acid groups (broad SMARTS) is 1. The minimum atomic E-state index is -0.883. The van der Waals surface area contributed by atoms with Gasteiger partial charge in [0.15, 0.2) is 0 Å². The molecule has 1 heterocycles. The van der Waals surface area contributed by atoms with Crippen LogP contribution in [0.3, 0.4) is 0 Å². The molecule has 0 radical (unpaired) electrons. The number of para-hydroxylation sites is 1. The normalized spacial score (nSPS) is 17.2. The van der Waals surface area contributed by atoms with Crippen LogP contribution in [0.25, 0.3) is 0 Å². The van der Waals surface area contributed by atoms with E-state index in [0.717, 1.165) is 0 Å². The van der Waals surface area contributed by atoms with Gasteiger partial charge in [0.05, 0.1) is 12.5 Å². The van der Waals surface area contributed by atoms with Crippen molar-refractivity contribution >= 4 is 23.5 Å². The van der Waals surface area contributed by atoms with E-state index in [1.807, 2.05) is 0 Å². The van der Waals surface area contributed by atoms with Gasteiger partial charge in [0.2, 0.25) is 11.8 Å². The van der Waals surface area contributed by atoms with E-state index in [2.05, 4.69) is 5.32 Å². The lowest BCUT2D eigenvalue weighted by atomic mass is 9.90. The Morgan fingerprint density at radius 1 is 1.35 bits per heavy atom. The minimum Gasteiger partial charge on any atom is -0.481 e.